The average molecular weight is 966 g/mol. The second-order valence-corrected chi connectivity index (χ2v) is 21.9. The fourth-order valence-electron chi connectivity index (χ4n) is 10.3. The van der Waals surface area contributed by atoms with Crippen molar-refractivity contribution in [3.63, 3.8) is 0 Å². The number of H-pyrrole nitrogens is 1. The lowest BCUT2D eigenvalue weighted by Crippen LogP contribution is -2.47. The molecule has 4 heterocycles. The summed E-state index contributed by atoms with van der Waals surface area (Å²) in [5, 5.41) is 27.7. The number of nitrogens with one attached hydrogen (secondary N) is 3. The smallest absolute Gasteiger partial charge is 0.293 e. The molecule has 4 N–H and O–H groups in total. The second kappa shape index (κ2) is 19.4. The molecular formula is C51H61ClN8O7S. The number of hydrogen-bond acceptors (Lipinski definition) is 12. The predicted octanol–water partition coefficient (Wildman–Crippen LogP) is 9.69. The first-order valence-electron chi connectivity index (χ1n) is 23.9. The summed E-state index contributed by atoms with van der Waals surface area (Å²) in [6.07, 6.45) is 9.14. The summed E-state index contributed by atoms with van der Waals surface area (Å²) in [4.78, 5) is 40.4. The average Bonchev–Trinajstić information content (AvgIpc) is 3.69. The number of aromatic amines is 1. The number of aromatic nitrogens is 2. The second-order valence-electron chi connectivity index (χ2n) is 19.7. The van der Waals surface area contributed by atoms with E-state index in [0.717, 1.165) is 87.0 Å². The van der Waals surface area contributed by atoms with Crippen LogP contribution in [-0.4, -0.2) is 97.2 Å². The van der Waals surface area contributed by atoms with Crippen LogP contribution in [0.1, 0.15) is 94.5 Å². The van der Waals surface area contributed by atoms with Crippen molar-refractivity contribution in [2.45, 2.75) is 89.1 Å². The first-order chi connectivity index (χ1) is 32.6. The molecule has 0 radical (unpaired) electrons. The quantitative estimate of drug-likeness (QED) is 0.0648. The van der Waals surface area contributed by atoms with Crippen LogP contribution >= 0.6 is 11.6 Å². The number of allylic oxidation sites excluding steroid dienone is 1. The largest absolute Gasteiger partial charge is 0.476 e. The highest BCUT2D eigenvalue weighted by Gasteiger charge is 2.34. The van der Waals surface area contributed by atoms with E-state index in [-0.39, 0.29) is 22.6 Å². The minimum Gasteiger partial charge on any atom is -0.476 e. The predicted molar refractivity (Wildman–Crippen MR) is 268 cm³/mol. The maximum Gasteiger partial charge on any atom is 0.293 e. The fraction of sp³-hybridized carbons (Fsp3) is 0.451. The molecule has 15 nitrogen and oxygen atoms in total. The molecule has 9 rings (SSSR count). The van der Waals surface area contributed by atoms with Crippen molar-refractivity contribution in [3.05, 3.63) is 111 Å². The van der Waals surface area contributed by atoms with Gasteiger partial charge in [0.05, 0.1) is 33.3 Å². The molecule has 2 fully saturated rings. The molecule has 68 heavy (non-hydrogen) atoms. The number of amides is 1. The molecule has 2 aliphatic carbocycles. The van der Waals surface area contributed by atoms with Crippen molar-refractivity contribution in [2.24, 2.45) is 11.3 Å². The van der Waals surface area contributed by atoms with Crippen molar-refractivity contribution >= 4 is 72.6 Å². The van der Waals surface area contributed by atoms with Gasteiger partial charge in [0.25, 0.3) is 21.6 Å². The Morgan fingerprint density at radius 2 is 1.75 bits per heavy atom. The number of hydrogen-bond donors (Lipinski definition) is 4. The van der Waals surface area contributed by atoms with E-state index in [1.165, 1.54) is 28.8 Å². The van der Waals surface area contributed by atoms with Gasteiger partial charge >= 0.3 is 0 Å². The molecule has 1 saturated carbocycles. The summed E-state index contributed by atoms with van der Waals surface area (Å²) in [6, 6.07) is 21.2. The van der Waals surface area contributed by atoms with Crippen LogP contribution in [-0.2, 0) is 10.0 Å². The molecule has 0 unspecified atom stereocenters. The van der Waals surface area contributed by atoms with Crippen LogP contribution in [0, 0.1) is 21.4 Å². The van der Waals surface area contributed by atoms with Crippen molar-refractivity contribution in [2.75, 3.05) is 67.5 Å². The number of anilines is 4. The number of ether oxygens (including phenoxy) is 1. The van der Waals surface area contributed by atoms with Crippen molar-refractivity contribution in [3.8, 4) is 5.88 Å². The number of halogens is 1. The molecule has 1 amide bonds. The molecule has 0 spiro atoms. The maximum absolute atomic E-state index is 14.4. The van der Waals surface area contributed by atoms with E-state index in [4.69, 9.17) is 21.3 Å². The highest BCUT2D eigenvalue weighted by molar-refractivity contribution is 7.90. The van der Waals surface area contributed by atoms with Crippen LogP contribution in [0.4, 0.5) is 28.4 Å². The molecule has 2 aromatic heterocycles. The van der Waals surface area contributed by atoms with Gasteiger partial charge in [-0.1, -0.05) is 50.1 Å². The van der Waals surface area contributed by atoms with Gasteiger partial charge in [0.15, 0.2) is 0 Å². The first kappa shape index (κ1) is 47.4. The number of rotatable bonds is 13. The normalized spacial score (nSPS) is 21.2. The lowest BCUT2D eigenvalue weighted by atomic mass is 9.72. The molecule has 17 heteroatoms. The van der Waals surface area contributed by atoms with Crippen LogP contribution in [0.5, 0.6) is 5.88 Å². The van der Waals surface area contributed by atoms with Crippen LogP contribution < -0.4 is 24.6 Å². The molecule has 4 aliphatic rings. The van der Waals surface area contributed by atoms with E-state index in [9.17, 15) is 28.4 Å². The maximum atomic E-state index is 14.4. The highest BCUT2D eigenvalue weighted by Crippen LogP contribution is 2.44. The van der Waals surface area contributed by atoms with Gasteiger partial charge in [-0.3, -0.25) is 19.8 Å². The zero-order chi connectivity index (χ0) is 47.8. The highest BCUT2D eigenvalue weighted by atomic mass is 35.5. The molecular weight excluding hydrogens is 904 g/mol. The Balaban J connectivity index is 0.969. The molecule has 360 valence electrons. The van der Waals surface area contributed by atoms with Crippen LogP contribution in [0.25, 0.3) is 16.6 Å². The Morgan fingerprint density at radius 3 is 2.49 bits per heavy atom. The molecule has 0 bridgehead atoms. The number of benzene rings is 3. The molecule has 1 saturated heterocycles. The molecule has 5 aromatic rings. The van der Waals surface area contributed by atoms with Crippen LogP contribution in [0.2, 0.25) is 5.02 Å². The van der Waals surface area contributed by atoms with Gasteiger partial charge in [0.1, 0.15) is 17.0 Å². The van der Waals surface area contributed by atoms with Gasteiger partial charge < -0.3 is 29.9 Å². The number of piperazine rings is 1. The van der Waals surface area contributed by atoms with Crippen molar-refractivity contribution in [1.29, 1.82) is 0 Å². The van der Waals surface area contributed by atoms with E-state index in [1.807, 2.05) is 48.2 Å². The Morgan fingerprint density at radius 1 is 0.985 bits per heavy atom. The third kappa shape index (κ3) is 10.3. The summed E-state index contributed by atoms with van der Waals surface area (Å²) in [5.74, 6) is -0.289. The van der Waals surface area contributed by atoms with Crippen molar-refractivity contribution in [1.82, 2.24) is 19.6 Å². The van der Waals surface area contributed by atoms with Crippen LogP contribution in [0.3, 0.4) is 0 Å². The monoisotopic (exact) mass is 964 g/mol. The number of pyridine rings is 1. The standard InChI is InChI=1S/C51H61ClN8O7S/c1-4-51(62)19-14-34(15-20-51)32-54-43-13-11-40(30-45(43)60(63)64)68(65,66)56-48(61)41-12-10-39(29-44(41)59-22-5-27-67-49-46(59)28-36-17-21-53-47(36)55-49)58-25-23-57(24-26-58)33-37-16-18-50(2,3)31-42(37)35-6-8-38(52)9-7-35/h6-13,17,21,28-30,34,54,62H,4-5,14-16,18-20,22-27,31-33H2,1-3H3,(H,53,55)(H,56,61). The number of nitro groups is 1. The number of sulfonamides is 1. The Kier molecular flexibility index (Phi) is 13.5. The molecule has 0 atom stereocenters. The number of nitrogens with zero attached hydrogens (tertiary/aromatic N) is 5. The fourth-order valence-corrected chi connectivity index (χ4v) is 11.4. The van der Waals surface area contributed by atoms with Gasteiger partial charge in [-0.05, 0) is 135 Å². The zero-order valence-corrected chi connectivity index (χ0v) is 40.6. The number of carbonyl (C=O) groups is 1. The van der Waals surface area contributed by atoms with E-state index in [0.29, 0.717) is 68.3 Å². The van der Waals surface area contributed by atoms with Crippen molar-refractivity contribution < 1.29 is 28.0 Å². The molecule has 3 aromatic carbocycles. The van der Waals surface area contributed by atoms with E-state index in [1.54, 1.807) is 12.3 Å². The minimum absolute atomic E-state index is 0.107. The van der Waals surface area contributed by atoms with E-state index >= 15 is 0 Å². The zero-order valence-electron chi connectivity index (χ0n) is 39.0. The number of fused-ring (bicyclic) bond motifs is 2. The minimum atomic E-state index is -4.59. The van der Waals surface area contributed by atoms with Gasteiger partial charge in [-0.2, -0.15) is 4.98 Å². The van der Waals surface area contributed by atoms with E-state index < -0.39 is 37.0 Å². The SMILES string of the molecule is CCC1(O)CCC(CNc2ccc(S(=O)(=O)NC(=O)c3ccc(N4CCN(CC5=C(c6ccc(Cl)cc6)CC(C)(C)CC5)CC4)cc3N3CCCOc4nc5[nH]ccc5cc43)cc2[N+](=O)[O-])CC1. The number of carbonyl (C=O) groups excluding carboxylic acids is 1. The van der Waals surface area contributed by atoms with Gasteiger partial charge in [-0.15, -0.1) is 0 Å². The van der Waals surface area contributed by atoms with Crippen LogP contribution in [0.15, 0.2) is 89.5 Å². The summed E-state index contributed by atoms with van der Waals surface area (Å²) in [5.41, 5.74) is 6.20. The van der Waals surface area contributed by atoms with Gasteiger partial charge in [0, 0.05) is 74.2 Å². The topological polar surface area (TPSA) is 186 Å². The molecule has 2 aliphatic heterocycles. The first-order valence-corrected chi connectivity index (χ1v) is 25.7. The summed E-state index contributed by atoms with van der Waals surface area (Å²) < 4.78 is 36.4. The summed E-state index contributed by atoms with van der Waals surface area (Å²) >= 11 is 6.28. The Labute approximate surface area is 403 Å². The van der Waals surface area contributed by atoms with E-state index in [2.05, 4.69) is 50.8 Å². The number of aliphatic hydroxyl groups is 1. The van der Waals surface area contributed by atoms with Gasteiger partial charge in [0.2, 0.25) is 5.88 Å². The van der Waals surface area contributed by atoms with Gasteiger partial charge in [-0.25, -0.2) is 13.1 Å². The Bertz CT molecular complexity index is 2830. The summed E-state index contributed by atoms with van der Waals surface area (Å²) in [7, 11) is -4.59. The third-order valence-corrected chi connectivity index (χ3v) is 16.1. The third-order valence-electron chi connectivity index (χ3n) is 14.6. The Hall–Kier alpha value is -5.68. The lowest BCUT2D eigenvalue weighted by molar-refractivity contribution is -0.384. The lowest BCUT2D eigenvalue weighted by Gasteiger charge is -2.39. The number of nitro benzene ring substituents is 1. The summed E-state index contributed by atoms with van der Waals surface area (Å²) in [6.45, 7) is 12.0.